The number of fused-ring (bicyclic) bond motifs is 6. The molecule has 3 aromatic heterocycles. The van der Waals surface area contributed by atoms with Crippen LogP contribution in [0.1, 0.15) is 105 Å². The number of para-hydroxylation sites is 1. The number of hydrogen-bond donors (Lipinski definition) is 1. The molecule has 1 N–H and O–H groups in total. The lowest BCUT2D eigenvalue weighted by Gasteiger charge is -2.28. The summed E-state index contributed by atoms with van der Waals surface area (Å²) >= 11 is 0. The summed E-state index contributed by atoms with van der Waals surface area (Å²) in [4.78, 5) is 10.8. The maximum absolute atomic E-state index is 12.7. The fourth-order valence-corrected chi connectivity index (χ4v) is 9.60. The van der Waals surface area contributed by atoms with Crippen LogP contribution in [0.25, 0.3) is 94.3 Å². The molecule has 10 rings (SSSR count). The van der Waals surface area contributed by atoms with Gasteiger partial charge in [0.25, 0.3) is 0 Å². The smallest absolute Gasteiger partial charge is 0.149 e. The first-order chi connectivity index (χ1) is 31.7. The summed E-state index contributed by atoms with van der Waals surface area (Å²) in [6.07, 6.45) is 2.00. The number of hydrogen-bond acceptors (Lipinski definition) is 4. The van der Waals surface area contributed by atoms with Crippen LogP contribution in [0.3, 0.4) is 0 Å². The molecule has 67 heavy (non-hydrogen) atoms. The topological polar surface area (TPSA) is 64.1 Å². The molecule has 10 aromatic rings. The SMILES string of the molecule is CC(C)(C)c1ccc(-c2cc(-c3cccc4c3nc(-c3cc(C(C)(C)C)cc(C(C)(C)C)c3O)n4-c3ccc(C(C)(C)C)cc3-c3ccccc3)c3c(c2)oc2c4ccccc4ccc23)nc1. The molecule has 0 atom stereocenters. The van der Waals surface area contributed by atoms with Crippen LogP contribution in [0.5, 0.6) is 5.75 Å². The van der Waals surface area contributed by atoms with E-state index in [-0.39, 0.29) is 27.4 Å². The van der Waals surface area contributed by atoms with Gasteiger partial charge in [0.05, 0.1) is 28.0 Å². The minimum absolute atomic E-state index is 0.0332. The lowest BCUT2D eigenvalue weighted by molar-refractivity contribution is 0.446. The molecule has 336 valence electrons. The Morgan fingerprint density at radius 3 is 1.88 bits per heavy atom. The molecule has 0 radical (unpaired) electrons. The van der Waals surface area contributed by atoms with Crippen LogP contribution >= 0.6 is 0 Å². The number of imidazole rings is 1. The van der Waals surface area contributed by atoms with Crippen LogP contribution in [0.2, 0.25) is 0 Å². The number of pyridine rings is 1. The number of benzene rings is 7. The molecule has 0 amide bonds. The van der Waals surface area contributed by atoms with Crippen molar-refractivity contribution in [2.45, 2.75) is 105 Å². The first-order valence-electron chi connectivity index (χ1n) is 23.6. The average Bonchev–Trinajstić information content (AvgIpc) is 3.87. The molecular weight excluding hydrogens is 819 g/mol. The summed E-state index contributed by atoms with van der Waals surface area (Å²) in [5.74, 6) is 0.917. The fraction of sp³-hybridized carbons (Fsp3) is 0.258. The van der Waals surface area contributed by atoms with Gasteiger partial charge in [0.2, 0.25) is 0 Å². The summed E-state index contributed by atoms with van der Waals surface area (Å²) in [7, 11) is 0. The predicted molar refractivity (Wildman–Crippen MR) is 282 cm³/mol. The zero-order valence-electron chi connectivity index (χ0n) is 41.1. The number of rotatable bonds is 5. The number of nitrogens with zero attached hydrogens (tertiary/aromatic N) is 3. The molecule has 0 fully saturated rings. The Kier molecular flexibility index (Phi) is 10.2. The number of phenolic OH excluding ortho intramolecular Hbond substituents is 1. The lowest BCUT2D eigenvalue weighted by Crippen LogP contribution is -2.17. The third-order valence-corrected chi connectivity index (χ3v) is 13.6. The number of furan rings is 1. The first-order valence-corrected chi connectivity index (χ1v) is 23.6. The van der Waals surface area contributed by atoms with Gasteiger partial charge in [0.15, 0.2) is 0 Å². The van der Waals surface area contributed by atoms with Gasteiger partial charge in [-0.05, 0) is 103 Å². The van der Waals surface area contributed by atoms with Gasteiger partial charge < -0.3 is 9.52 Å². The molecule has 5 nitrogen and oxygen atoms in total. The Hall–Kier alpha value is -6.98. The van der Waals surface area contributed by atoms with Gasteiger partial charge in [-0.2, -0.15) is 0 Å². The van der Waals surface area contributed by atoms with E-state index in [0.717, 1.165) is 94.1 Å². The largest absolute Gasteiger partial charge is 0.507 e. The summed E-state index contributed by atoms with van der Waals surface area (Å²) in [6.45, 7) is 26.6. The molecule has 0 aliphatic heterocycles. The van der Waals surface area contributed by atoms with E-state index in [1.807, 2.05) is 6.20 Å². The third kappa shape index (κ3) is 7.68. The Balaban J connectivity index is 1.35. The Morgan fingerprint density at radius 1 is 0.507 bits per heavy atom. The van der Waals surface area contributed by atoms with Crippen molar-refractivity contribution in [3.8, 4) is 56.3 Å². The molecule has 5 heteroatoms. The van der Waals surface area contributed by atoms with Gasteiger partial charge in [-0.15, -0.1) is 0 Å². The van der Waals surface area contributed by atoms with Crippen LogP contribution in [-0.4, -0.2) is 19.6 Å². The molecule has 3 heterocycles. The summed E-state index contributed by atoms with van der Waals surface area (Å²) in [6, 6.07) is 49.8. The van der Waals surface area contributed by atoms with Crippen LogP contribution in [0.4, 0.5) is 0 Å². The second-order valence-corrected chi connectivity index (χ2v) is 22.6. The van der Waals surface area contributed by atoms with E-state index in [2.05, 4.69) is 227 Å². The average molecular weight is 880 g/mol. The predicted octanol–water partition coefficient (Wildman–Crippen LogP) is 17.0. The summed E-state index contributed by atoms with van der Waals surface area (Å²) in [5, 5.41) is 16.9. The minimum Gasteiger partial charge on any atom is -0.507 e. The van der Waals surface area contributed by atoms with Crippen molar-refractivity contribution >= 4 is 43.7 Å². The van der Waals surface area contributed by atoms with Crippen molar-refractivity contribution in [3.63, 3.8) is 0 Å². The van der Waals surface area contributed by atoms with E-state index < -0.39 is 0 Å². The van der Waals surface area contributed by atoms with Crippen molar-refractivity contribution in [2.75, 3.05) is 0 Å². The minimum atomic E-state index is -0.344. The maximum Gasteiger partial charge on any atom is 0.149 e. The van der Waals surface area contributed by atoms with Crippen LogP contribution < -0.4 is 0 Å². The third-order valence-electron chi connectivity index (χ3n) is 13.6. The Labute approximate surface area is 395 Å². The Morgan fingerprint density at radius 2 is 1.19 bits per heavy atom. The van der Waals surface area contributed by atoms with Gasteiger partial charge in [0, 0.05) is 44.6 Å². The van der Waals surface area contributed by atoms with Gasteiger partial charge in [0.1, 0.15) is 22.7 Å². The highest BCUT2D eigenvalue weighted by Gasteiger charge is 2.30. The van der Waals surface area contributed by atoms with Crippen LogP contribution in [0.15, 0.2) is 150 Å². The van der Waals surface area contributed by atoms with Gasteiger partial charge in [-0.25, -0.2) is 4.98 Å². The van der Waals surface area contributed by atoms with E-state index in [4.69, 9.17) is 14.4 Å². The standard InChI is InChI=1S/C62H61N3O2/c1-59(2,3)40-27-30-51(46(33-40)37-19-14-13-15-20-37)65-52-24-18-23-44(55(52)64-58(65)48-34-42(61(7,8)9)35-49(56(48)66)62(10,11)12)47-31-39(50-29-26-41(36-63-50)60(4,5)6)32-53-54(47)45-28-25-38-21-16-17-22-43(38)57(45)67-53/h13-36,66H,1-12H3. The van der Waals surface area contributed by atoms with Crippen molar-refractivity contribution < 1.29 is 9.52 Å². The highest BCUT2D eigenvalue weighted by atomic mass is 16.3. The maximum atomic E-state index is 12.7. The number of phenols is 1. The highest BCUT2D eigenvalue weighted by molar-refractivity contribution is 6.21. The zero-order valence-corrected chi connectivity index (χ0v) is 41.1. The molecule has 0 aliphatic rings. The Bertz CT molecular complexity index is 3540. The number of aromatic nitrogens is 3. The monoisotopic (exact) mass is 879 g/mol. The van der Waals surface area contributed by atoms with Gasteiger partial charge in [-0.3, -0.25) is 9.55 Å². The van der Waals surface area contributed by atoms with Crippen molar-refractivity contribution in [1.29, 1.82) is 0 Å². The van der Waals surface area contributed by atoms with E-state index in [1.165, 1.54) is 11.1 Å². The van der Waals surface area contributed by atoms with Gasteiger partial charge >= 0.3 is 0 Å². The molecule has 0 unspecified atom stereocenters. The molecule has 0 aliphatic carbocycles. The van der Waals surface area contributed by atoms with E-state index in [1.54, 1.807) is 0 Å². The lowest BCUT2D eigenvalue weighted by atomic mass is 9.79. The molecule has 7 aromatic carbocycles. The molecule has 0 saturated carbocycles. The first kappa shape index (κ1) is 43.9. The highest BCUT2D eigenvalue weighted by Crippen LogP contribution is 2.48. The van der Waals surface area contributed by atoms with Crippen molar-refractivity contribution in [3.05, 3.63) is 168 Å². The van der Waals surface area contributed by atoms with E-state index in [0.29, 0.717) is 11.4 Å². The van der Waals surface area contributed by atoms with E-state index in [9.17, 15) is 5.11 Å². The quantitative estimate of drug-likeness (QED) is 0.187. The molecule has 0 bridgehead atoms. The van der Waals surface area contributed by atoms with Gasteiger partial charge in [-0.1, -0.05) is 174 Å². The molecule has 0 spiro atoms. The second-order valence-electron chi connectivity index (χ2n) is 22.6. The summed E-state index contributed by atoms with van der Waals surface area (Å²) < 4.78 is 9.26. The van der Waals surface area contributed by atoms with Crippen molar-refractivity contribution in [2.24, 2.45) is 0 Å². The molecular formula is C62H61N3O2. The normalized spacial score (nSPS) is 12.8. The van der Waals surface area contributed by atoms with Crippen LogP contribution in [-0.2, 0) is 21.7 Å². The van der Waals surface area contributed by atoms with Crippen LogP contribution in [0, 0.1) is 0 Å². The second kappa shape index (κ2) is 15.6. The van der Waals surface area contributed by atoms with E-state index >= 15 is 0 Å². The summed E-state index contributed by atoms with van der Waals surface area (Å²) in [5.41, 5.74) is 14.8. The van der Waals surface area contributed by atoms with Crippen molar-refractivity contribution in [1.82, 2.24) is 14.5 Å². The number of aromatic hydroxyl groups is 1. The zero-order chi connectivity index (χ0) is 47.4. The molecule has 0 saturated heterocycles. The fourth-order valence-electron chi connectivity index (χ4n) is 9.60.